The van der Waals surface area contributed by atoms with E-state index < -0.39 is 11.6 Å². The predicted molar refractivity (Wildman–Crippen MR) is 116 cm³/mol. The molecule has 1 aliphatic rings. The highest BCUT2D eigenvalue weighted by atomic mass is 32.1. The first-order valence-electron chi connectivity index (χ1n) is 9.38. The van der Waals surface area contributed by atoms with Gasteiger partial charge < -0.3 is 10.2 Å². The Balaban J connectivity index is 0.000000216. The molecule has 30 heavy (non-hydrogen) atoms. The predicted octanol–water partition coefficient (Wildman–Crippen LogP) is 4.38. The quantitative estimate of drug-likeness (QED) is 0.621. The van der Waals surface area contributed by atoms with Gasteiger partial charge in [-0.2, -0.15) is 5.10 Å². The van der Waals surface area contributed by atoms with Crippen LogP contribution >= 0.6 is 11.3 Å². The second kappa shape index (κ2) is 9.62. The summed E-state index contributed by atoms with van der Waals surface area (Å²) < 4.78 is 26.5. The highest BCUT2D eigenvalue weighted by Crippen LogP contribution is 2.30. The molecule has 9 heteroatoms. The van der Waals surface area contributed by atoms with E-state index in [4.69, 9.17) is 0 Å². The Morgan fingerprint density at radius 1 is 1.27 bits per heavy atom. The van der Waals surface area contributed by atoms with E-state index in [0.717, 1.165) is 42.7 Å². The van der Waals surface area contributed by atoms with Crippen molar-refractivity contribution in [3.05, 3.63) is 64.4 Å². The minimum atomic E-state index is -0.567. The summed E-state index contributed by atoms with van der Waals surface area (Å²) in [6.45, 7) is 3.96. The average Bonchev–Trinajstić information content (AvgIpc) is 3.39. The van der Waals surface area contributed by atoms with Crippen LogP contribution in [0.5, 0.6) is 0 Å². The third-order valence-electron chi connectivity index (χ3n) is 4.84. The highest BCUT2D eigenvalue weighted by molar-refractivity contribution is 7.13. The van der Waals surface area contributed by atoms with Gasteiger partial charge in [-0.15, -0.1) is 11.3 Å². The Bertz CT molecular complexity index is 1050. The lowest BCUT2D eigenvalue weighted by molar-refractivity contribution is 0.111. The van der Waals surface area contributed by atoms with E-state index in [1.807, 2.05) is 24.7 Å². The van der Waals surface area contributed by atoms with Crippen LogP contribution in [0.4, 0.5) is 19.6 Å². The van der Waals surface area contributed by atoms with Crippen molar-refractivity contribution in [1.29, 1.82) is 0 Å². The fourth-order valence-corrected chi connectivity index (χ4v) is 3.89. The minimum Gasteiger partial charge on any atom is -0.386 e. The van der Waals surface area contributed by atoms with Crippen LogP contribution in [-0.2, 0) is 7.05 Å². The number of halogens is 2. The smallest absolute Gasteiger partial charge is 0.185 e. The summed E-state index contributed by atoms with van der Waals surface area (Å²) in [6, 6.07) is 5.25. The zero-order valence-electron chi connectivity index (χ0n) is 17.0. The first-order valence-corrected chi connectivity index (χ1v) is 10.3. The molecular weight excluding hydrogens is 408 g/mol. The van der Waals surface area contributed by atoms with Gasteiger partial charge in [0, 0.05) is 44.8 Å². The molecule has 0 amide bonds. The van der Waals surface area contributed by atoms with E-state index in [-0.39, 0.29) is 0 Å². The second-order valence-electron chi connectivity index (χ2n) is 6.82. The largest absolute Gasteiger partial charge is 0.386 e. The molecule has 3 aromatic rings. The molecule has 0 spiro atoms. The van der Waals surface area contributed by atoms with Crippen LogP contribution in [0.15, 0.2) is 41.4 Å². The number of benzene rings is 1. The monoisotopic (exact) mass is 431 g/mol. The van der Waals surface area contributed by atoms with Gasteiger partial charge >= 0.3 is 0 Å². The molecule has 3 heterocycles. The molecule has 0 bridgehead atoms. The van der Waals surface area contributed by atoms with E-state index in [0.29, 0.717) is 11.4 Å². The van der Waals surface area contributed by atoms with Gasteiger partial charge in [0.25, 0.3) is 0 Å². The van der Waals surface area contributed by atoms with E-state index in [2.05, 4.69) is 27.2 Å². The van der Waals surface area contributed by atoms with E-state index in [1.165, 1.54) is 23.3 Å². The first kappa shape index (κ1) is 21.6. The topological polar surface area (TPSA) is 63.1 Å². The molecular formula is C21H23F2N5OS. The fourth-order valence-electron chi connectivity index (χ4n) is 3.22. The van der Waals surface area contributed by atoms with Crippen LogP contribution in [0.25, 0.3) is 5.57 Å². The molecule has 0 saturated carbocycles. The third-order valence-corrected chi connectivity index (χ3v) is 5.67. The fraction of sp³-hybridized carbons (Fsp3) is 0.286. The standard InChI is InChI=1S/C14H16N4OS.C7H7F2N/c1-10-3-5-18(14-15-4-6-20-14)8-12(10)13-7-11(9-19)16-17(13)2;1-10-7-3-2-5(8)4-6(7)9/h4,6-7,9H,3,5,8H2,1-2H3;2-4,10H,1H3. The maximum absolute atomic E-state index is 12.5. The van der Waals surface area contributed by atoms with Gasteiger partial charge in [-0.25, -0.2) is 13.8 Å². The van der Waals surface area contributed by atoms with Gasteiger partial charge in [0.1, 0.15) is 17.3 Å². The lowest BCUT2D eigenvalue weighted by Crippen LogP contribution is -2.31. The molecule has 0 atom stereocenters. The molecule has 4 rings (SSSR count). The van der Waals surface area contributed by atoms with E-state index >= 15 is 0 Å². The number of aryl methyl sites for hydroxylation is 1. The number of nitrogens with one attached hydrogen (secondary N) is 1. The van der Waals surface area contributed by atoms with Crippen molar-refractivity contribution >= 4 is 34.0 Å². The molecule has 0 fully saturated rings. The van der Waals surface area contributed by atoms with Crippen LogP contribution < -0.4 is 10.2 Å². The Labute approximate surface area is 177 Å². The number of carbonyl (C=O) groups is 1. The number of hydrogen-bond donors (Lipinski definition) is 1. The summed E-state index contributed by atoms with van der Waals surface area (Å²) >= 11 is 1.66. The number of aromatic nitrogens is 3. The first-order chi connectivity index (χ1) is 14.4. The maximum Gasteiger partial charge on any atom is 0.185 e. The molecule has 0 unspecified atom stereocenters. The van der Waals surface area contributed by atoms with Crippen LogP contribution in [0.2, 0.25) is 0 Å². The van der Waals surface area contributed by atoms with E-state index in [1.54, 1.807) is 23.1 Å². The van der Waals surface area contributed by atoms with Crippen LogP contribution in [0.3, 0.4) is 0 Å². The third kappa shape index (κ3) is 4.91. The van der Waals surface area contributed by atoms with Crippen molar-refractivity contribution < 1.29 is 13.6 Å². The van der Waals surface area contributed by atoms with Crippen molar-refractivity contribution in [2.45, 2.75) is 13.3 Å². The average molecular weight is 432 g/mol. The molecule has 0 saturated heterocycles. The number of thiazole rings is 1. The summed E-state index contributed by atoms with van der Waals surface area (Å²) in [5.41, 5.74) is 4.41. The second-order valence-corrected chi connectivity index (χ2v) is 7.69. The number of carbonyl (C=O) groups excluding carboxylic acids is 1. The Morgan fingerprint density at radius 3 is 2.67 bits per heavy atom. The Hall–Kier alpha value is -3.07. The number of hydrogen-bond acceptors (Lipinski definition) is 6. The van der Waals surface area contributed by atoms with Gasteiger partial charge in [0.2, 0.25) is 0 Å². The molecule has 6 nitrogen and oxygen atoms in total. The van der Waals surface area contributed by atoms with Gasteiger partial charge in [-0.05, 0) is 37.1 Å². The zero-order chi connectivity index (χ0) is 21.7. The van der Waals surface area contributed by atoms with Gasteiger partial charge in [0.05, 0.1) is 11.4 Å². The number of aldehydes is 1. The number of nitrogens with zero attached hydrogens (tertiary/aromatic N) is 4. The molecule has 1 aromatic carbocycles. The van der Waals surface area contributed by atoms with Crippen molar-refractivity contribution in [2.24, 2.45) is 7.05 Å². The lowest BCUT2D eigenvalue weighted by Gasteiger charge is -2.29. The minimum absolute atomic E-state index is 0.307. The number of anilines is 2. The van der Waals surface area contributed by atoms with Gasteiger partial charge in [0.15, 0.2) is 11.4 Å². The zero-order valence-corrected chi connectivity index (χ0v) is 17.8. The Morgan fingerprint density at radius 2 is 2.07 bits per heavy atom. The highest BCUT2D eigenvalue weighted by Gasteiger charge is 2.22. The molecule has 158 valence electrons. The molecule has 2 aromatic heterocycles. The molecule has 0 radical (unpaired) electrons. The summed E-state index contributed by atoms with van der Waals surface area (Å²) in [7, 11) is 3.46. The van der Waals surface area contributed by atoms with Gasteiger partial charge in [-0.1, -0.05) is 5.57 Å². The summed E-state index contributed by atoms with van der Waals surface area (Å²) in [5, 5.41) is 9.83. The summed E-state index contributed by atoms with van der Waals surface area (Å²) in [5.74, 6) is -1.13. The normalized spacial score (nSPS) is 13.7. The van der Waals surface area contributed by atoms with Crippen molar-refractivity contribution in [3.63, 3.8) is 0 Å². The van der Waals surface area contributed by atoms with Gasteiger partial charge in [-0.3, -0.25) is 9.48 Å². The summed E-state index contributed by atoms with van der Waals surface area (Å²) in [6.07, 6.45) is 3.64. The van der Waals surface area contributed by atoms with Crippen molar-refractivity contribution in [3.8, 4) is 0 Å². The Kier molecular flexibility index (Phi) is 6.94. The summed E-state index contributed by atoms with van der Waals surface area (Å²) in [4.78, 5) is 17.5. The molecule has 1 N–H and O–H groups in total. The van der Waals surface area contributed by atoms with Crippen molar-refractivity contribution in [1.82, 2.24) is 14.8 Å². The molecule has 1 aliphatic heterocycles. The maximum atomic E-state index is 12.5. The van der Waals surface area contributed by atoms with E-state index in [9.17, 15) is 13.6 Å². The SMILES string of the molecule is CC1=C(c2cc(C=O)nn2C)CN(c2nccs2)CC1.CNc1ccc(F)cc1F. The molecule has 0 aliphatic carbocycles. The lowest BCUT2D eigenvalue weighted by atomic mass is 9.99. The van der Waals surface area contributed by atoms with Crippen LogP contribution in [0.1, 0.15) is 29.5 Å². The van der Waals surface area contributed by atoms with Crippen molar-refractivity contribution in [2.75, 3.05) is 30.4 Å². The van der Waals surface area contributed by atoms with Crippen LogP contribution in [0, 0.1) is 11.6 Å². The van der Waals surface area contributed by atoms with Crippen LogP contribution in [-0.4, -0.2) is 41.2 Å². The number of rotatable bonds is 4.